The molecule has 0 saturated carbocycles. The number of nitrogens with two attached hydrogens (primary N) is 2. The molecule has 2 atom stereocenters. The molecule has 0 spiro atoms. The summed E-state index contributed by atoms with van der Waals surface area (Å²) in [4.78, 5) is 49.6. The van der Waals surface area contributed by atoms with Crippen molar-refractivity contribution in [2.45, 2.75) is 39.8 Å². The van der Waals surface area contributed by atoms with Gasteiger partial charge in [-0.2, -0.15) is 0 Å². The lowest BCUT2D eigenvalue weighted by Crippen LogP contribution is -2.48. The standard InChI is InChI=1S/C16H30N4O5/c1-9(2)13(17)15(23)19(5)7-11(21)25-12(22)8-20(6)16(24)14(18)10(3)4/h9-10,13-14H,7-8,17-18H2,1-6H3/t13-,14-/m0/s1. The number of hydrogen-bond donors (Lipinski definition) is 2. The van der Waals surface area contributed by atoms with E-state index in [2.05, 4.69) is 4.74 Å². The molecule has 0 radical (unpaired) electrons. The van der Waals surface area contributed by atoms with Gasteiger partial charge in [-0.15, -0.1) is 0 Å². The number of carbonyl (C=O) groups excluding carboxylic acids is 4. The van der Waals surface area contributed by atoms with Crippen molar-refractivity contribution in [2.75, 3.05) is 27.2 Å². The molecule has 144 valence electrons. The predicted octanol–water partition coefficient (Wildman–Crippen LogP) is -1.06. The Labute approximate surface area is 148 Å². The van der Waals surface area contributed by atoms with E-state index in [1.165, 1.54) is 14.1 Å². The molecule has 0 aromatic heterocycles. The molecule has 0 aromatic carbocycles. The largest absolute Gasteiger partial charge is 0.390 e. The van der Waals surface area contributed by atoms with Gasteiger partial charge < -0.3 is 26.0 Å². The molecule has 0 unspecified atom stereocenters. The Morgan fingerprint density at radius 2 is 1.04 bits per heavy atom. The Kier molecular flexibility index (Phi) is 9.29. The van der Waals surface area contributed by atoms with Crippen molar-refractivity contribution in [1.29, 1.82) is 0 Å². The van der Waals surface area contributed by atoms with Crippen LogP contribution in [0.25, 0.3) is 0 Å². The van der Waals surface area contributed by atoms with Gasteiger partial charge >= 0.3 is 11.9 Å². The topological polar surface area (TPSA) is 136 Å². The Hall–Kier alpha value is -2.00. The fourth-order valence-electron chi connectivity index (χ4n) is 1.81. The zero-order valence-corrected chi connectivity index (χ0v) is 15.8. The Morgan fingerprint density at radius 3 is 1.28 bits per heavy atom. The minimum Gasteiger partial charge on any atom is -0.390 e. The maximum Gasteiger partial charge on any atom is 0.333 e. The average molecular weight is 358 g/mol. The van der Waals surface area contributed by atoms with Gasteiger partial charge in [-0.25, -0.2) is 9.59 Å². The van der Waals surface area contributed by atoms with Crippen molar-refractivity contribution >= 4 is 23.8 Å². The van der Waals surface area contributed by atoms with Crippen LogP contribution in [0.1, 0.15) is 27.7 Å². The van der Waals surface area contributed by atoms with Gasteiger partial charge in [-0.3, -0.25) is 9.59 Å². The smallest absolute Gasteiger partial charge is 0.333 e. The lowest BCUT2D eigenvalue weighted by molar-refractivity contribution is -0.163. The molecule has 0 aliphatic heterocycles. The first-order valence-corrected chi connectivity index (χ1v) is 8.13. The number of esters is 2. The van der Waals surface area contributed by atoms with Gasteiger partial charge in [0.05, 0.1) is 12.1 Å². The van der Waals surface area contributed by atoms with Gasteiger partial charge in [0.1, 0.15) is 13.1 Å². The van der Waals surface area contributed by atoms with E-state index in [4.69, 9.17) is 11.5 Å². The van der Waals surface area contributed by atoms with Crippen LogP contribution < -0.4 is 11.5 Å². The third-order valence-corrected chi connectivity index (χ3v) is 3.72. The summed E-state index contributed by atoms with van der Waals surface area (Å²) in [5.41, 5.74) is 11.4. The number of nitrogens with zero attached hydrogens (tertiary/aromatic N) is 2. The number of ether oxygens (including phenoxy) is 1. The van der Waals surface area contributed by atoms with E-state index in [9.17, 15) is 19.2 Å². The molecule has 9 nitrogen and oxygen atoms in total. The highest BCUT2D eigenvalue weighted by molar-refractivity contribution is 5.92. The van der Waals surface area contributed by atoms with E-state index in [0.717, 1.165) is 9.80 Å². The van der Waals surface area contributed by atoms with Crippen molar-refractivity contribution < 1.29 is 23.9 Å². The van der Waals surface area contributed by atoms with Gasteiger partial charge in [0, 0.05) is 14.1 Å². The van der Waals surface area contributed by atoms with Gasteiger partial charge in [0.2, 0.25) is 11.8 Å². The first-order valence-electron chi connectivity index (χ1n) is 8.13. The third kappa shape index (κ3) is 7.61. The molecule has 0 saturated heterocycles. The quantitative estimate of drug-likeness (QED) is 0.417. The highest BCUT2D eigenvalue weighted by atomic mass is 16.6. The van der Waals surface area contributed by atoms with E-state index in [0.29, 0.717) is 0 Å². The second kappa shape index (κ2) is 10.1. The summed E-state index contributed by atoms with van der Waals surface area (Å²) in [5, 5.41) is 0. The molecule has 4 N–H and O–H groups in total. The van der Waals surface area contributed by atoms with Gasteiger partial charge in [0.25, 0.3) is 0 Å². The zero-order chi connectivity index (χ0) is 19.9. The van der Waals surface area contributed by atoms with Gasteiger partial charge in [-0.05, 0) is 11.8 Å². The summed E-state index contributed by atoms with van der Waals surface area (Å²) >= 11 is 0. The van der Waals surface area contributed by atoms with E-state index in [1.54, 1.807) is 27.7 Å². The molecule has 0 heterocycles. The van der Waals surface area contributed by atoms with Crippen molar-refractivity contribution in [3.05, 3.63) is 0 Å². The molecule has 25 heavy (non-hydrogen) atoms. The van der Waals surface area contributed by atoms with Crippen LogP contribution in [0.4, 0.5) is 0 Å². The SMILES string of the molecule is CC(C)[C@H](N)C(=O)N(C)CC(=O)OC(=O)CN(C)C(=O)[C@@H](N)C(C)C. The molecule has 0 aliphatic carbocycles. The monoisotopic (exact) mass is 358 g/mol. The maximum atomic E-state index is 12.0. The number of rotatable bonds is 8. The fraction of sp³-hybridized carbons (Fsp3) is 0.750. The van der Waals surface area contributed by atoms with E-state index < -0.39 is 48.9 Å². The number of carbonyl (C=O) groups is 4. The van der Waals surface area contributed by atoms with Gasteiger partial charge in [0.15, 0.2) is 0 Å². The number of amides is 2. The van der Waals surface area contributed by atoms with Crippen molar-refractivity contribution in [1.82, 2.24) is 9.80 Å². The van der Waals surface area contributed by atoms with Crippen molar-refractivity contribution in [3.8, 4) is 0 Å². The molecule has 9 heteroatoms. The number of hydrogen-bond acceptors (Lipinski definition) is 7. The van der Waals surface area contributed by atoms with Crippen LogP contribution in [0.2, 0.25) is 0 Å². The molecule has 2 amide bonds. The normalized spacial score (nSPS) is 13.4. The zero-order valence-electron chi connectivity index (χ0n) is 15.8. The Bertz CT molecular complexity index is 463. The Morgan fingerprint density at radius 1 is 0.760 bits per heavy atom. The molecule has 0 bridgehead atoms. The predicted molar refractivity (Wildman–Crippen MR) is 92.0 cm³/mol. The fourth-order valence-corrected chi connectivity index (χ4v) is 1.81. The van der Waals surface area contributed by atoms with Crippen LogP contribution in [0.3, 0.4) is 0 Å². The van der Waals surface area contributed by atoms with Crippen LogP contribution in [-0.2, 0) is 23.9 Å². The van der Waals surface area contributed by atoms with Crippen LogP contribution in [0.5, 0.6) is 0 Å². The molecule has 0 aromatic rings. The summed E-state index contributed by atoms with van der Waals surface area (Å²) in [6, 6.07) is -1.48. The van der Waals surface area contributed by atoms with Crippen LogP contribution in [-0.4, -0.2) is 72.8 Å². The van der Waals surface area contributed by atoms with Crippen LogP contribution in [0, 0.1) is 11.8 Å². The van der Waals surface area contributed by atoms with E-state index in [1.807, 2.05) is 0 Å². The first kappa shape index (κ1) is 23.0. The Balaban J connectivity index is 4.50. The molecular weight excluding hydrogens is 328 g/mol. The summed E-state index contributed by atoms with van der Waals surface area (Å²) in [5.74, 6) is -2.81. The lowest BCUT2D eigenvalue weighted by atomic mass is 10.0. The highest BCUT2D eigenvalue weighted by Gasteiger charge is 2.26. The highest BCUT2D eigenvalue weighted by Crippen LogP contribution is 2.04. The number of likely N-dealkylation sites (N-methyl/N-ethyl adjacent to an activating group) is 2. The first-order chi connectivity index (χ1) is 11.4. The second-order valence-electron chi connectivity index (χ2n) is 6.77. The van der Waals surface area contributed by atoms with Gasteiger partial charge in [-0.1, -0.05) is 27.7 Å². The average Bonchev–Trinajstić information content (AvgIpc) is 2.50. The van der Waals surface area contributed by atoms with E-state index in [-0.39, 0.29) is 11.8 Å². The van der Waals surface area contributed by atoms with E-state index >= 15 is 0 Å². The summed E-state index contributed by atoms with van der Waals surface area (Å²) in [6.07, 6.45) is 0. The molecule has 0 aliphatic rings. The molecular formula is C16H30N4O5. The lowest BCUT2D eigenvalue weighted by Gasteiger charge is -2.23. The second-order valence-corrected chi connectivity index (χ2v) is 6.77. The molecule has 0 fully saturated rings. The summed E-state index contributed by atoms with van der Waals surface area (Å²) < 4.78 is 4.63. The summed E-state index contributed by atoms with van der Waals surface area (Å²) in [7, 11) is 2.79. The van der Waals surface area contributed by atoms with Crippen LogP contribution in [0.15, 0.2) is 0 Å². The molecule has 0 rings (SSSR count). The maximum absolute atomic E-state index is 12.0. The summed E-state index contributed by atoms with van der Waals surface area (Å²) in [6.45, 7) is 6.32. The van der Waals surface area contributed by atoms with Crippen LogP contribution >= 0.6 is 0 Å². The minimum absolute atomic E-state index is 0.0857. The van der Waals surface area contributed by atoms with Crippen molar-refractivity contribution in [2.24, 2.45) is 23.3 Å². The minimum atomic E-state index is -0.897. The van der Waals surface area contributed by atoms with Crippen molar-refractivity contribution in [3.63, 3.8) is 0 Å². The third-order valence-electron chi connectivity index (χ3n) is 3.72.